The van der Waals surface area contributed by atoms with E-state index in [2.05, 4.69) is 46.8 Å². The second kappa shape index (κ2) is 4.42. The predicted molar refractivity (Wildman–Crippen MR) is 86.6 cm³/mol. The molecule has 0 aliphatic carbocycles. The monoisotopic (exact) mass is 286 g/mol. The molecular weight excluding hydrogens is 264 g/mol. The van der Waals surface area contributed by atoms with Gasteiger partial charge in [0.15, 0.2) is 0 Å². The van der Waals surface area contributed by atoms with Crippen molar-refractivity contribution in [3.8, 4) is 11.3 Å². The number of benzene rings is 1. The Morgan fingerprint density at radius 3 is 2.55 bits per heavy atom. The Morgan fingerprint density at radius 2 is 1.95 bits per heavy atom. The van der Waals surface area contributed by atoms with Crippen molar-refractivity contribution in [1.82, 2.24) is 0 Å². The van der Waals surface area contributed by atoms with Crippen LogP contribution < -0.4 is 0 Å². The van der Waals surface area contributed by atoms with Crippen molar-refractivity contribution in [1.29, 1.82) is 0 Å². The second-order valence-corrected chi connectivity index (χ2v) is 8.29. The van der Waals surface area contributed by atoms with Crippen LogP contribution in [0.5, 0.6) is 0 Å². The second-order valence-electron chi connectivity index (χ2n) is 7.30. The summed E-state index contributed by atoms with van der Waals surface area (Å²) in [6.45, 7) is 11.6. The van der Waals surface area contributed by atoms with Crippen molar-refractivity contribution in [2.24, 2.45) is 0 Å². The zero-order valence-corrected chi connectivity index (χ0v) is 13.7. The van der Waals surface area contributed by atoms with Crippen molar-refractivity contribution < 1.29 is 4.42 Å². The normalized spacial score (nSPS) is 17.2. The summed E-state index contributed by atoms with van der Waals surface area (Å²) in [5, 5.41) is 0. The highest BCUT2D eigenvalue weighted by Crippen LogP contribution is 2.49. The summed E-state index contributed by atoms with van der Waals surface area (Å²) in [5.41, 5.74) is 4.51. The molecule has 2 heterocycles. The lowest BCUT2D eigenvalue weighted by Crippen LogP contribution is -2.18. The first kappa shape index (κ1) is 13.8. The van der Waals surface area contributed by atoms with Crippen molar-refractivity contribution in [2.75, 3.05) is 5.75 Å². The van der Waals surface area contributed by atoms with Gasteiger partial charge in [-0.25, -0.2) is 0 Å². The van der Waals surface area contributed by atoms with Crippen molar-refractivity contribution in [3.05, 3.63) is 41.7 Å². The number of thioether (sulfide) groups is 1. The first-order chi connectivity index (χ1) is 9.29. The van der Waals surface area contributed by atoms with Gasteiger partial charge in [0.25, 0.3) is 0 Å². The largest absolute Gasteiger partial charge is 0.464 e. The summed E-state index contributed by atoms with van der Waals surface area (Å²) in [7, 11) is 0. The minimum atomic E-state index is 0.153. The molecule has 0 atom stereocenters. The van der Waals surface area contributed by atoms with E-state index in [4.69, 9.17) is 4.42 Å². The zero-order chi connectivity index (χ0) is 14.5. The summed E-state index contributed by atoms with van der Waals surface area (Å²) in [6.07, 6.45) is 1.75. The zero-order valence-electron chi connectivity index (χ0n) is 12.9. The van der Waals surface area contributed by atoms with Crippen molar-refractivity contribution >= 4 is 11.8 Å². The van der Waals surface area contributed by atoms with Gasteiger partial charge in [0, 0.05) is 21.6 Å². The SMILES string of the molecule is CC(C)(C)c1cc(-c2ccco2)cc2c1SCC2(C)C. The number of furan rings is 1. The smallest absolute Gasteiger partial charge is 0.133 e. The number of hydrogen-bond donors (Lipinski definition) is 0. The van der Waals surface area contributed by atoms with Gasteiger partial charge in [-0.1, -0.05) is 34.6 Å². The highest BCUT2D eigenvalue weighted by Gasteiger charge is 2.35. The third-order valence-electron chi connectivity index (χ3n) is 4.01. The molecule has 3 rings (SSSR count). The van der Waals surface area contributed by atoms with Crippen LogP contribution in [0.1, 0.15) is 45.7 Å². The standard InChI is InChI=1S/C18H22OS/c1-17(2,3)13-9-12(15-7-6-8-19-15)10-14-16(13)20-11-18(14,4)5/h6-10H,11H2,1-5H3. The number of rotatable bonds is 1. The molecule has 1 aromatic carbocycles. The van der Waals surface area contributed by atoms with Crippen LogP contribution in [0, 0.1) is 0 Å². The van der Waals surface area contributed by atoms with Gasteiger partial charge in [-0.05, 0) is 40.8 Å². The third-order valence-corrected chi connectivity index (χ3v) is 5.60. The first-order valence-electron chi connectivity index (χ1n) is 7.15. The molecule has 106 valence electrons. The Balaban J connectivity index is 2.26. The van der Waals surface area contributed by atoms with E-state index in [9.17, 15) is 0 Å². The molecule has 20 heavy (non-hydrogen) atoms. The molecule has 0 unspecified atom stereocenters. The summed E-state index contributed by atoms with van der Waals surface area (Å²) in [5.74, 6) is 2.12. The van der Waals surface area contributed by atoms with Gasteiger partial charge in [0.05, 0.1) is 6.26 Å². The molecule has 0 spiro atoms. The maximum Gasteiger partial charge on any atom is 0.133 e. The third kappa shape index (κ3) is 2.20. The van der Waals surface area contributed by atoms with Gasteiger partial charge < -0.3 is 4.42 Å². The lowest BCUT2D eigenvalue weighted by atomic mass is 9.79. The topological polar surface area (TPSA) is 13.1 Å². The average Bonchev–Trinajstić information content (AvgIpc) is 2.96. The van der Waals surface area contributed by atoms with Crippen molar-refractivity contribution in [2.45, 2.75) is 50.3 Å². The van der Waals surface area contributed by atoms with Crippen LogP contribution in [0.4, 0.5) is 0 Å². The fraction of sp³-hybridized carbons (Fsp3) is 0.444. The van der Waals surface area contributed by atoms with Gasteiger partial charge in [0.2, 0.25) is 0 Å². The summed E-state index contributed by atoms with van der Waals surface area (Å²) >= 11 is 2.00. The molecule has 1 nitrogen and oxygen atoms in total. The maximum absolute atomic E-state index is 5.61. The predicted octanol–water partition coefficient (Wildman–Crippen LogP) is 5.63. The van der Waals surface area contributed by atoms with Gasteiger partial charge in [-0.2, -0.15) is 0 Å². The van der Waals surface area contributed by atoms with Crippen LogP contribution in [0.15, 0.2) is 39.8 Å². The first-order valence-corrected chi connectivity index (χ1v) is 8.13. The fourth-order valence-corrected chi connectivity index (χ4v) is 4.43. The van der Waals surface area contributed by atoms with E-state index in [1.807, 2.05) is 23.9 Å². The van der Waals surface area contributed by atoms with Gasteiger partial charge >= 0.3 is 0 Å². The molecule has 0 saturated carbocycles. The molecule has 0 radical (unpaired) electrons. The maximum atomic E-state index is 5.61. The van der Waals surface area contributed by atoms with Crippen LogP contribution in [0.3, 0.4) is 0 Å². The number of fused-ring (bicyclic) bond motifs is 1. The van der Waals surface area contributed by atoms with E-state index in [1.54, 1.807) is 6.26 Å². The molecule has 0 N–H and O–H groups in total. The highest BCUT2D eigenvalue weighted by molar-refractivity contribution is 7.99. The quantitative estimate of drug-likeness (QED) is 0.674. The van der Waals surface area contributed by atoms with Gasteiger partial charge in [0.1, 0.15) is 5.76 Å². The molecule has 2 heteroatoms. The minimum absolute atomic E-state index is 0.153. The molecule has 1 aromatic heterocycles. The molecule has 0 fully saturated rings. The molecule has 1 aliphatic rings. The van der Waals surface area contributed by atoms with E-state index < -0.39 is 0 Å². The van der Waals surface area contributed by atoms with Crippen LogP contribution in [0.25, 0.3) is 11.3 Å². The molecule has 0 amide bonds. The van der Waals surface area contributed by atoms with Crippen LogP contribution in [-0.2, 0) is 10.8 Å². The Morgan fingerprint density at radius 1 is 1.20 bits per heavy atom. The number of hydrogen-bond acceptors (Lipinski definition) is 2. The molecule has 1 aliphatic heterocycles. The Labute approximate surface area is 125 Å². The van der Waals surface area contributed by atoms with E-state index in [0.29, 0.717) is 0 Å². The van der Waals surface area contributed by atoms with Crippen molar-refractivity contribution in [3.63, 3.8) is 0 Å². The Hall–Kier alpha value is -1.15. The Kier molecular flexibility index (Phi) is 3.06. The van der Waals surface area contributed by atoms with E-state index >= 15 is 0 Å². The van der Waals surface area contributed by atoms with E-state index in [-0.39, 0.29) is 10.8 Å². The van der Waals surface area contributed by atoms with Crippen LogP contribution in [0.2, 0.25) is 0 Å². The lowest BCUT2D eigenvalue weighted by molar-refractivity contribution is 0.559. The van der Waals surface area contributed by atoms with Crippen LogP contribution in [-0.4, -0.2) is 5.75 Å². The molecule has 0 saturated heterocycles. The lowest BCUT2D eigenvalue weighted by Gasteiger charge is -2.25. The molecular formula is C18H22OS. The van der Waals surface area contributed by atoms with Gasteiger partial charge in [-0.3, -0.25) is 0 Å². The van der Waals surface area contributed by atoms with E-state index in [1.165, 1.54) is 21.6 Å². The highest BCUT2D eigenvalue weighted by atomic mass is 32.2. The summed E-state index contributed by atoms with van der Waals surface area (Å²) in [6, 6.07) is 8.64. The summed E-state index contributed by atoms with van der Waals surface area (Å²) < 4.78 is 5.61. The summed E-state index contributed by atoms with van der Waals surface area (Å²) in [4.78, 5) is 1.48. The molecule has 0 bridgehead atoms. The average molecular weight is 286 g/mol. The van der Waals surface area contributed by atoms with E-state index in [0.717, 1.165) is 11.5 Å². The minimum Gasteiger partial charge on any atom is -0.464 e. The Bertz CT molecular complexity index is 630. The molecule has 2 aromatic rings. The van der Waals surface area contributed by atoms with Gasteiger partial charge in [-0.15, -0.1) is 11.8 Å². The fourth-order valence-electron chi connectivity index (χ4n) is 2.76. The van der Waals surface area contributed by atoms with Crippen LogP contribution >= 0.6 is 11.8 Å².